The Morgan fingerprint density at radius 2 is 0.742 bits per heavy atom. The van der Waals surface area contributed by atoms with Crippen molar-refractivity contribution in [2.45, 2.75) is 461 Å². The standard InChI is InChI=1S/C82H155NO10/c1-4-7-10-13-16-19-22-24-26-28-30-32-34-36-38-40-42-44-46-48-50-52-55-58-61-64-67-70-77(87)93-80-79(89)78(88)76(71-84)92-82(80)91-72-73(74(85)68-65-62-59-56-53-21-18-15-12-9-6-3)83-81(90)75(86)69-66-63-60-57-54-51-49-47-45-43-41-39-37-35-33-31-29-27-25-23-20-17-14-11-8-5-2/h16,19,24,26,65,68,73-76,78-80,82,84-86,88-89H,4-15,17-18,20-23,25,27-64,66-67,69-72H2,1-3H3,(H,83,90)/b19-16-,26-24-,68-65+. The minimum absolute atomic E-state index is 0.128. The highest BCUT2D eigenvalue weighted by Crippen LogP contribution is 2.27. The van der Waals surface area contributed by atoms with E-state index in [-0.39, 0.29) is 13.0 Å². The molecule has 1 saturated heterocycles. The summed E-state index contributed by atoms with van der Waals surface area (Å²) in [6.45, 7) is 5.84. The summed E-state index contributed by atoms with van der Waals surface area (Å²) < 4.78 is 17.8. The third kappa shape index (κ3) is 56.5. The number of amides is 1. The van der Waals surface area contributed by atoms with Crippen LogP contribution in [0.15, 0.2) is 36.5 Å². The molecule has 1 aliphatic rings. The number of aliphatic hydroxyl groups excluding tert-OH is 5. The topological polar surface area (TPSA) is 175 Å². The van der Waals surface area contributed by atoms with Gasteiger partial charge in [0.05, 0.1) is 25.4 Å². The van der Waals surface area contributed by atoms with Crippen molar-refractivity contribution in [2.24, 2.45) is 0 Å². The molecule has 0 aromatic heterocycles. The van der Waals surface area contributed by atoms with Gasteiger partial charge in [0.1, 0.15) is 24.4 Å². The van der Waals surface area contributed by atoms with Crippen molar-refractivity contribution in [1.82, 2.24) is 5.32 Å². The molecule has 1 heterocycles. The average molecular weight is 1320 g/mol. The molecule has 0 aromatic carbocycles. The van der Waals surface area contributed by atoms with Crippen molar-refractivity contribution in [1.29, 1.82) is 0 Å². The molecule has 548 valence electrons. The van der Waals surface area contributed by atoms with Gasteiger partial charge in [-0.15, -0.1) is 0 Å². The lowest BCUT2D eigenvalue weighted by Gasteiger charge is -2.41. The van der Waals surface area contributed by atoms with Crippen molar-refractivity contribution in [2.75, 3.05) is 13.2 Å². The van der Waals surface area contributed by atoms with Crippen molar-refractivity contribution < 1.29 is 49.3 Å². The molecular formula is C82H155NO10. The molecule has 0 radical (unpaired) electrons. The van der Waals surface area contributed by atoms with Gasteiger partial charge in [0, 0.05) is 6.42 Å². The molecule has 0 spiro atoms. The van der Waals surface area contributed by atoms with Crippen LogP contribution in [0.2, 0.25) is 0 Å². The maximum absolute atomic E-state index is 13.5. The van der Waals surface area contributed by atoms with Crippen LogP contribution in [0.1, 0.15) is 412 Å². The Morgan fingerprint density at radius 1 is 0.419 bits per heavy atom. The van der Waals surface area contributed by atoms with E-state index in [0.29, 0.717) is 19.3 Å². The molecule has 93 heavy (non-hydrogen) atoms. The van der Waals surface area contributed by atoms with E-state index in [1.807, 2.05) is 6.08 Å². The molecule has 0 aliphatic carbocycles. The zero-order chi connectivity index (χ0) is 67.4. The molecule has 1 fully saturated rings. The molecular weight excluding hydrogens is 1160 g/mol. The van der Waals surface area contributed by atoms with Gasteiger partial charge in [-0.05, 0) is 57.8 Å². The first kappa shape index (κ1) is 88.9. The largest absolute Gasteiger partial charge is 0.454 e. The number of rotatable bonds is 72. The van der Waals surface area contributed by atoms with Crippen LogP contribution in [0.25, 0.3) is 0 Å². The normalized spacial score (nSPS) is 18.0. The fourth-order valence-corrected chi connectivity index (χ4v) is 13.2. The van der Waals surface area contributed by atoms with E-state index < -0.39 is 67.4 Å². The SMILES string of the molecule is CCCCC/C=C\C/C=C\CCCCCCCCCCCCCCCCCCCC(=O)OC1C(OCC(NC(=O)C(O)CCCCCCCCCCCCCCCCCCCCCCCCCCCC)C(O)/C=C/CCCCCCCCCCC)OC(CO)C(O)C1O. The minimum Gasteiger partial charge on any atom is -0.454 e. The number of hydrogen-bond donors (Lipinski definition) is 6. The lowest BCUT2D eigenvalue weighted by atomic mass is 9.99. The van der Waals surface area contributed by atoms with Crippen molar-refractivity contribution >= 4 is 11.9 Å². The predicted molar refractivity (Wildman–Crippen MR) is 394 cm³/mol. The smallest absolute Gasteiger partial charge is 0.306 e. The Morgan fingerprint density at radius 3 is 1.12 bits per heavy atom. The van der Waals surface area contributed by atoms with E-state index in [2.05, 4.69) is 50.4 Å². The molecule has 8 atom stereocenters. The van der Waals surface area contributed by atoms with E-state index in [9.17, 15) is 35.1 Å². The molecule has 1 amide bonds. The van der Waals surface area contributed by atoms with Crippen molar-refractivity contribution in [3.05, 3.63) is 36.5 Å². The number of allylic oxidation sites excluding steroid dienone is 5. The van der Waals surface area contributed by atoms with Gasteiger partial charge < -0.3 is 45.1 Å². The molecule has 11 nitrogen and oxygen atoms in total. The lowest BCUT2D eigenvalue weighted by molar-refractivity contribution is -0.305. The van der Waals surface area contributed by atoms with Crippen molar-refractivity contribution in [3.63, 3.8) is 0 Å². The number of ether oxygens (including phenoxy) is 3. The Hall–Kier alpha value is -2.12. The molecule has 1 aliphatic heterocycles. The zero-order valence-electron chi connectivity index (χ0n) is 61.4. The van der Waals surface area contributed by atoms with Gasteiger partial charge in [-0.25, -0.2) is 0 Å². The maximum atomic E-state index is 13.5. The minimum atomic E-state index is -1.61. The quantitative estimate of drug-likeness (QED) is 0.0195. The fraction of sp³-hybridized carbons (Fsp3) is 0.902. The molecule has 0 aromatic rings. The summed E-state index contributed by atoms with van der Waals surface area (Å²) in [5, 5.41) is 57.4. The van der Waals surface area contributed by atoms with Gasteiger partial charge in [0.15, 0.2) is 12.4 Å². The first-order chi connectivity index (χ1) is 45.7. The van der Waals surface area contributed by atoms with Gasteiger partial charge >= 0.3 is 5.97 Å². The monoisotopic (exact) mass is 1310 g/mol. The number of esters is 1. The summed E-state index contributed by atoms with van der Waals surface area (Å²) in [6.07, 6.45) is 77.9. The van der Waals surface area contributed by atoms with Crippen LogP contribution in [0.3, 0.4) is 0 Å². The second-order valence-corrected chi connectivity index (χ2v) is 28.5. The molecule has 6 N–H and O–H groups in total. The van der Waals surface area contributed by atoms with E-state index in [1.165, 1.54) is 302 Å². The van der Waals surface area contributed by atoms with Gasteiger partial charge in [-0.1, -0.05) is 385 Å². The summed E-state index contributed by atoms with van der Waals surface area (Å²) in [5.74, 6) is -1.17. The third-order valence-corrected chi connectivity index (χ3v) is 19.5. The average Bonchev–Trinajstić information content (AvgIpc) is 0.842. The van der Waals surface area contributed by atoms with Crippen LogP contribution in [0, 0.1) is 0 Å². The number of carbonyl (C=O) groups is 2. The maximum Gasteiger partial charge on any atom is 0.306 e. The van der Waals surface area contributed by atoms with Crippen LogP contribution < -0.4 is 5.32 Å². The second-order valence-electron chi connectivity index (χ2n) is 28.5. The number of nitrogens with one attached hydrogen (secondary N) is 1. The summed E-state index contributed by atoms with van der Waals surface area (Å²) in [6, 6.07) is -1.02. The van der Waals surface area contributed by atoms with Crippen molar-refractivity contribution in [3.8, 4) is 0 Å². The Bertz CT molecular complexity index is 1660. The number of carbonyl (C=O) groups excluding carboxylic acids is 2. The lowest BCUT2D eigenvalue weighted by Crippen LogP contribution is -2.61. The number of hydrogen-bond acceptors (Lipinski definition) is 10. The van der Waals surface area contributed by atoms with Crippen LogP contribution >= 0.6 is 0 Å². The van der Waals surface area contributed by atoms with E-state index in [0.717, 1.165) is 64.2 Å². The van der Waals surface area contributed by atoms with E-state index in [1.54, 1.807) is 6.08 Å². The molecule has 0 bridgehead atoms. The zero-order valence-corrected chi connectivity index (χ0v) is 61.4. The Balaban J connectivity index is 2.44. The first-order valence-electron chi connectivity index (χ1n) is 40.8. The molecule has 8 unspecified atom stereocenters. The van der Waals surface area contributed by atoms with E-state index in [4.69, 9.17) is 14.2 Å². The highest BCUT2D eigenvalue weighted by Gasteiger charge is 2.47. The summed E-state index contributed by atoms with van der Waals surface area (Å²) in [5.41, 5.74) is 0. The van der Waals surface area contributed by atoms with Crippen LogP contribution in [-0.2, 0) is 23.8 Å². The summed E-state index contributed by atoms with van der Waals surface area (Å²) >= 11 is 0. The Labute approximate surface area is 574 Å². The predicted octanol–water partition coefficient (Wildman–Crippen LogP) is 22.1. The van der Waals surface area contributed by atoms with Gasteiger partial charge in [0.25, 0.3) is 0 Å². The fourth-order valence-electron chi connectivity index (χ4n) is 13.2. The number of unbranched alkanes of at least 4 members (excludes halogenated alkanes) is 54. The third-order valence-electron chi connectivity index (χ3n) is 19.5. The van der Waals surface area contributed by atoms with Crippen LogP contribution in [-0.4, -0.2) is 99.6 Å². The van der Waals surface area contributed by atoms with E-state index >= 15 is 0 Å². The van der Waals surface area contributed by atoms with Crippen LogP contribution in [0.5, 0.6) is 0 Å². The molecule has 1 rings (SSSR count). The molecule has 0 saturated carbocycles. The summed E-state index contributed by atoms with van der Waals surface area (Å²) in [7, 11) is 0. The highest BCUT2D eigenvalue weighted by molar-refractivity contribution is 5.80. The summed E-state index contributed by atoms with van der Waals surface area (Å²) in [4.78, 5) is 26.8. The van der Waals surface area contributed by atoms with Gasteiger partial charge in [-0.3, -0.25) is 9.59 Å². The van der Waals surface area contributed by atoms with Crippen LogP contribution in [0.4, 0.5) is 0 Å². The molecule has 11 heteroatoms. The number of aliphatic hydroxyl groups is 5. The first-order valence-corrected chi connectivity index (χ1v) is 40.8. The van der Waals surface area contributed by atoms with Gasteiger partial charge in [-0.2, -0.15) is 0 Å². The van der Waals surface area contributed by atoms with Gasteiger partial charge in [0.2, 0.25) is 5.91 Å². The second kappa shape index (κ2) is 69.8. The Kier molecular flexibility index (Phi) is 66.7. The highest BCUT2D eigenvalue weighted by atomic mass is 16.7.